The average molecular weight is 151 g/mol. The Labute approximate surface area is 60.8 Å². The molecule has 0 saturated carbocycles. The summed E-state index contributed by atoms with van der Waals surface area (Å²) in [5, 5.41) is 13.9. The predicted octanol–water partition coefficient (Wildman–Crippen LogP) is -0.948. The van der Waals surface area contributed by atoms with E-state index in [1.165, 1.54) is 6.20 Å². The van der Waals surface area contributed by atoms with E-state index in [2.05, 4.69) is 20.5 Å². The fourth-order valence-corrected chi connectivity index (χ4v) is 0.839. The SMILES string of the molecule is Cn1nnc2[nH]ncc2c1=O. The van der Waals surface area contributed by atoms with E-state index in [9.17, 15) is 4.79 Å². The van der Waals surface area contributed by atoms with Gasteiger partial charge >= 0.3 is 0 Å². The fourth-order valence-electron chi connectivity index (χ4n) is 0.839. The Morgan fingerprint density at radius 3 is 3.27 bits per heavy atom. The van der Waals surface area contributed by atoms with Gasteiger partial charge in [0.15, 0.2) is 5.65 Å². The Bertz CT molecular complexity index is 441. The summed E-state index contributed by atoms with van der Waals surface area (Å²) >= 11 is 0. The molecule has 1 N–H and O–H groups in total. The number of aromatic nitrogens is 5. The minimum atomic E-state index is -0.191. The number of nitrogens with one attached hydrogen (secondary N) is 1. The fraction of sp³-hybridized carbons (Fsp3) is 0.200. The molecule has 0 fully saturated rings. The first kappa shape index (κ1) is 6.02. The minimum absolute atomic E-state index is 0.191. The van der Waals surface area contributed by atoms with Crippen LogP contribution in [0.15, 0.2) is 11.0 Å². The Hall–Kier alpha value is -1.72. The lowest BCUT2D eigenvalue weighted by Gasteiger charge is -1.90. The molecule has 6 heteroatoms. The van der Waals surface area contributed by atoms with Crippen LogP contribution in [0, 0.1) is 0 Å². The van der Waals surface area contributed by atoms with Crippen molar-refractivity contribution < 1.29 is 0 Å². The molecule has 11 heavy (non-hydrogen) atoms. The number of hydrogen-bond donors (Lipinski definition) is 1. The standard InChI is InChI=1S/C5H5N5O/c1-10-5(11)3-2-6-7-4(3)8-9-10/h2H,1H3,(H,6,7). The van der Waals surface area contributed by atoms with Gasteiger partial charge in [0.2, 0.25) is 0 Å². The molecule has 2 rings (SSSR count). The Morgan fingerprint density at radius 1 is 1.64 bits per heavy atom. The van der Waals surface area contributed by atoms with E-state index in [0.29, 0.717) is 11.0 Å². The van der Waals surface area contributed by atoms with Crippen LogP contribution in [0.5, 0.6) is 0 Å². The summed E-state index contributed by atoms with van der Waals surface area (Å²) in [6, 6.07) is 0. The van der Waals surface area contributed by atoms with Gasteiger partial charge in [-0.25, -0.2) is 4.68 Å². The first-order chi connectivity index (χ1) is 5.29. The van der Waals surface area contributed by atoms with E-state index >= 15 is 0 Å². The van der Waals surface area contributed by atoms with Gasteiger partial charge in [-0.2, -0.15) is 5.10 Å². The number of nitrogens with zero attached hydrogens (tertiary/aromatic N) is 4. The summed E-state index contributed by atoms with van der Waals surface area (Å²) in [7, 11) is 1.54. The normalized spacial score (nSPS) is 10.6. The molecule has 0 bridgehead atoms. The quantitative estimate of drug-likeness (QED) is 0.526. The molecule has 6 nitrogen and oxygen atoms in total. The molecule has 0 unspecified atom stereocenters. The number of aryl methyl sites for hydroxylation is 1. The molecule has 2 heterocycles. The van der Waals surface area contributed by atoms with E-state index in [1.807, 2.05) is 0 Å². The Balaban J connectivity index is 3.05. The number of H-pyrrole nitrogens is 1. The van der Waals surface area contributed by atoms with Gasteiger partial charge < -0.3 is 0 Å². The first-order valence-corrected chi connectivity index (χ1v) is 3.02. The molecule has 0 radical (unpaired) electrons. The average Bonchev–Trinajstić information content (AvgIpc) is 2.45. The molecule has 56 valence electrons. The number of aromatic amines is 1. The summed E-state index contributed by atoms with van der Waals surface area (Å²) in [4.78, 5) is 11.2. The monoisotopic (exact) mass is 151 g/mol. The maximum Gasteiger partial charge on any atom is 0.280 e. The van der Waals surface area contributed by atoms with Crippen LogP contribution < -0.4 is 5.56 Å². The van der Waals surface area contributed by atoms with Crippen molar-refractivity contribution in [3.8, 4) is 0 Å². The molecule has 0 aliphatic heterocycles. The van der Waals surface area contributed by atoms with Gasteiger partial charge in [0.1, 0.15) is 5.39 Å². The largest absolute Gasteiger partial charge is 0.280 e. The number of fused-ring (bicyclic) bond motifs is 1. The molecule has 0 aliphatic carbocycles. The van der Waals surface area contributed by atoms with Crippen molar-refractivity contribution in [3.63, 3.8) is 0 Å². The zero-order chi connectivity index (χ0) is 7.84. The van der Waals surface area contributed by atoms with Crippen LogP contribution in [-0.2, 0) is 7.05 Å². The zero-order valence-electron chi connectivity index (χ0n) is 5.77. The smallest absolute Gasteiger partial charge is 0.267 e. The van der Waals surface area contributed by atoms with Gasteiger partial charge in [-0.05, 0) is 0 Å². The third kappa shape index (κ3) is 0.721. The lowest BCUT2D eigenvalue weighted by atomic mass is 10.4. The lowest BCUT2D eigenvalue weighted by Crippen LogP contribution is -2.20. The minimum Gasteiger partial charge on any atom is -0.267 e. The van der Waals surface area contributed by atoms with Crippen LogP contribution in [0.2, 0.25) is 0 Å². The van der Waals surface area contributed by atoms with E-state index in [0.717, 1.165) is 4.68 Å². The van der Waals surface area contributed by atoms with Crippen molar-refractivity contribution in [2.45, 2.75) is 0 Å². The van der Waals surface area contributed by atoms with Crippen molar-refractivity contribution in [2.24, 2.45) is 7.05 Å². The van der Waals surface area contributed by atoms with Gasteiger partial charge in [0, 0.05) is 7.05 Å². The van der Waals surface area contributed by atoms with Gasteiger partial charge in [-0.15, -0.1) is 5.10 Å². The highest BCUT2D eigenvalue weighted by Crippen LogP contribution is 1.95. The van der Waals surface area contributed by atoms with Crippen LogP contribution in [0.3, 0.4) is 0 Å². The molecule has 2 aromatic rings. The van der Waals surface area contributed by atoms with Gasteiger partial charge in [-0.1, -0.05) is 5.21 Å². The second-order valence-corrected chi connectivity index (χ2v) is 2.15. The molecular weight excluding hydrogens is 146 g/mol. The molecule has 0 spiro atoms. The van der Waals surface area contributed by atoms with E-state index in [1.54, 1.807) is 7.05 Å². The Kier molecular flexibility index (Phi) is 1.03. The summed E-state index contributed by atoms with van der Waals surface area (Å²) in [6.45, 7) is 0. The molecule has 0 amide bonds. The zero-order valence-corrected chi connectivity index (χ0v) is 5.77. The van der Waals surface area contributed by atoms with Gasteiger partial charge in [-0.3, -0.25) is 9.89 Å². The van der Waals surface area contributed by atoms with E-state index in [4.69, 9.17) is 0 Å². The molecule has 2 aromatic heterocycles. The van der Waals surface area contributed by atoms with Crippen molar-refractivity contribution in [1.29, 1.82) is 0 Å². The third-order valence-corrected chi connectivity index (χ3v) is 1.42. The van der Waals surface area contributed by atoms with Gasteiger partial charge in [0.25, 0.3) is 5.56 Å². The molecule has 0 aromatic carbocycles. The van der Waals surface area contributed by atoms with Crippen LogP contribution >= 0.6 is 0 Å². The number of hydrogen-bond acceptors (Lipinski definition) is 4. The van der Waals surface area contributed by atoms with Crippen molar-refractivity contribution in [1.82, 2.24) is 25.2 Å². The topological polar surface area (TPSA) is 76.5 Å². The Morgan fingerprint density at radius 2 is 2.45 bits per heavy atom. The van der Waals surface area contributed by atoms with Crippen molar-refractivity contribution in [2.75, 3.05) is 0 Å². The second kappa shape index (κ2) is 1.88. The number of rotatable bonds is 0. The van der Waals surface area contributed by atoms with Crippen LogP contribution in [-0.4, -0.2) is 25.2 Å². The summed E-state index contributed by atoms with van der Waals surface area (Å²) in [5.41, 5.74) is 0.233. The summed E-state index contributed by atoms with van der Waals surface area (Å²) in [6.07, 6.45) is 1.44. The summed E-state index contributed by atoms with van der Waals surface area (Å²) < 4.78 is 1.16. The predicted molar refractivity (Wildman–Crippen MR) is 36.9 cm³/mol. The molecule has 0 saturated heterocycles. The van der Waals surface area contributed by atoms with E-state index < -0.39 is 0 Å². The molecular formula is C5H5N5O. The van der Waals surface area contributed by atoms with Crippen LogP contribution in [0.25, 0.3) is 11.0 Å². The van der Waals surface area contributed by atoms with Crippen LogP contribution in [0.4, 0.5) is 0 Å². The first-order valence-electron chi connectivity index (χ1n) is 3.02. The van der Waals surface area contributed by atoms with Crippen molar-refractivity contribution >= 4 is 11.0 Å². The van der Waals surface area contributed by atoms with Crippen LogP contribution in [0.1, 0.15) is 0 Å². The highest BCUT2D eigenvalue weighted by molar-refractivity contribution is 5.71. The third-order valence-electron chi connectivity index (χ3n) is 1.42. The summed E-state index contributed by atoms with van der Waals surface area (Å²) in [5.74, 6) is 0. The van der Waals surface area contributed by atoms with Crippen molar-refractivity contribution in [3.05, 3.63) is 16.6 Å². The highest BCUT2D eigenvalue weighted by atomic mass is 16.1. The van der Waals surface area contributed by atoms with Gasteiger partial charge in [0.05, 0.1) is 6.20 Å². The maximum absolute atomic E-state index is 11.2. The highest BCUT2D eigenvalue weighted by Gasteiger charge is 2.02. The lowest BCUT2D eigenvalue weighted by molar-refractivity contribution is 0.655. The molecule has 0 aliphatic rings. The maximum atomic E-state index is 11.2. The van der Waals surface area contributed by atoms with E-state index in [-0.39, 0.29) is 5.56 Å². The second-order valence-electron chi connectivity index (χ2n) is 2.15. The molecule has 0 atom stereocenters.